The standard InChI is InChI=1S/C21H20N2O4S/c1-3-27-16-9-6-8-15(11-16)12-18-20(25)23(21(26)28-18)13-19(24)22-17-10-5-4-7-14(17)2/h4-12H,3,13H2,1-2H3,(H,22,24)/b18-12-. The summed E-state index contributed by atoms with van der Waals surface area (Å²) in [6.07, 6.45) is 1.63. The molecule has 3 amide bonds. The maximum Gasteiger partial charge on any atom is 0.294 e. The van der Waals surface area contributed by atoms with Gasteiger partial charge in [-0.2, -0.15) is 0 Å². The molecule has 6 nitrogen and oxygen atoms in total. The zero-order chi connectivity index (χ0) is 20.1. The van der Waals surface area contributed by atoms with Crippen molar-refractivity contribution in [1.29, 1.82) is 0 Å². The van der Waals surface area contributed by atoms with Gasteiger partial charge < -0.3 is 10.1 Å². The number of anilines is 1. The number of nitrogens with one attached hydrogen (secondary N) is 1. The molecule has 0 atom stereocenters. The highest BCUT2D eigenvalue weighted by Crippen LogP contribution is 2.32. The van der Waals surface area contributed by atoms with Crippen LogP contribution in [0.5, 0.6) is 5.75 Å². The topological polar surface area (TPSA) is 75.7 Å². The number of carbonyl (C=O) groups is 3. The Kier molecular flexibility index (Phi) is 6.16. The lowest BCUT2D eigenvalue weighted by Gasteiger charge is -2.13. The van der Waals surface area contributed by atoms with E-state index in [9.17, 15) is 14.4 Å². The fourth-order valence-corrected chi connectivity index (χ4v) is 3.53. The number of amides is 3. The van der Waals surface area contributed by atoms with Crippen LogP contribution in [0.4, 0.5) is 10.5 Å². The predicted molar refractivity (Wildman–Crippen MR) is 110 cm³/mol. The Morgan fingerprint density at radius 3 is 2.71 bits per heavy atom. The number of ether oxygens (including phenoxy) is 1. The summed E-state index contributed by atoms with van der Waals surface area (Å²) >= 11 is 0.825. The van der Waals surface area contributed by atoms with Crippen LogP contribution in [0.15, 0.2) is 53.4 Å². The first-order valence-electron chi connectivity index (χ1n) is 8.81. The van der Waals surface area contributed by atoms with Crippen molar-refractivity contribution in [1.82, 2.24) is 4.90 Å². The van der Waals surface area contributed by atoms with Gasteiger partial charge in [-0.05, 0) is 61.0 Å². The minimum atomic E-state index is -0.475. The summed E-state index contributed by atoms with van der Waals surface area (Å²) < 4.78 is 5.45. The number of aryl methyl sites for hydroxylation is 1. The van der Waals surface area contributed by atoms with Crippen LogP contribution in [-0.4, -0.2) is 35.1 Å². The Hall–Kier alpha value is -3.06. The Morgan fingerprint density at radius 1 is 1.18 bits per heavy atom. The summed E-state index contributed by atoms with van der Waals surface area (Å²) in [6, 6.07) is 14.6. The molecule has 0 bridgehead atoms. The SMILES string of the molecule is CCOc1cccc(/C=C2\SC(=O)N(CC(=O)Nc3ccccc3C)C2=O)c1. The monoisotopic (exact) mass is 396 g/mol. The smallest absolute Gasteiger partial charge is 0.294 e. The van der Waals surface area contributed by atoms with Gasteiger partial charge in [-0.3, -0.25) is 19.3 Å². The van der Waals surface area contributed by atoms with Gasteiger partial charge >= 0.3 is 0 Å². The van der Waals surface area contributed by atoms with Crippen molar-refractivity contribution in [3.63, 3.8) is 0 Å². The fourth-order valence-electron chi connectivity index (χ4n) is 2.69. The highest BCUT2D eigenvalue weighted by molar-refractivity contribution is 8.18. The minimum absolute atomic E-state index is 0.280. The van der Waals surface area contributed by atoms with Crippen LogP contribution in [0.25, 0.3) is 6.08 Å². The van der Waals surface area contributed by atoms with E-state index in [0.29, 0.717) is 18.0 Å². The largest absolute Gasteiger partial charge is 0.494 e. The van der Waals surface area contributed by atoms with Crippen molar-refractivity contribution in [3.8, 4) is 5.75 Å². The van der Waals surface area contributed by atoms with Gasteiger partial charge in [0.1, 0.15) is 12.3 Å². The van der Waals surface area contributed by atoms with E-state index in [1.54, 1.807) is 18.2 Å². The van der Waals surface area contributed by atoms with Gasteiger partial charge in [-0.15, -0.1) is 0 Å². The third-order valence-electron chi connectivity index (χ3n) is 4.06. The summed E-state index contributed by atoms with van der Waals surface area (Å²) in [4.78, 5) is 38.3. The van der Waals surface area contributed by atoms with Crippen molar-refractivity contribution in [2.45, 2.75) is 13.8 Å². The van der Waals surface area contributed by atoms with E-state index in [-0.39, 0.29) is 11.4 Å². The van der Waals surface area contributed by atoms with E-state index in [2.05, 4.69) is 5.32 Å². The van der Waals surface area contributed by atoms with E-state index in [4.69, 9.17) is 4.74 Å². The van der Waals surface area contributed by atoms with Gasteiger partial charge in [0.25, 0.3) is 11.1 Å². The second kappa shape index (κ2) is 8.75. The number of rotatable bonds is 6. The summed E-state index contributed by atoms with van der Waals surface area (Å²) in [6.45, 7) is 3.97. The van der Waals surface area contributed by atoms with Crippen LogP contribution in [-0.2, 0) is 9.59 Å². The van der Waals surface area contributed by atoms with Crippen LogP contribution >= 0.6 is 11.8 Å². The Balaban J connectivity index is 1.70. The van der Waals surface area contributed by atoms with E-state index in [1.165, 1.54) is 0 Å². The number of benzene rings is 2. The first-order valence-corrected chi connectivity index (χ1v) is 9.63. The fraction of sp³-hybridized carbons (Fsp3) is 0.190. The van der Waals surface area contributed by atoms with Gasteiger partial charge in [-0.1, -0.05) is 30.3 Å². The summed E-state index contributed by atoms with van der Waals surface area (Å²) in [5.74, 6) is -0.207. The molecule has 0 spiro atoms. The van der Waals surface area contributed by atoms with E-state index >= 15 is 0 Å². The molecule has 1 heterocycles. The number of imide groups is 1. The molecule has 3 rings (SSSR count). The van der Waals surface area contributed by atoms with Crippen molar-refractivity contribution < 1.29 is 19.1 Å². The maximum atomic E-state index is 12.6. The zero-order valence-corrected chi connectivity index (χ0v) is 16.4. The lowest BCUT2D eigenvalue weighted by molar-refractivity contribution is -0.127. The van der Waals surface area contributed by atoms with Crippen molar-refractivity contribution in [3.05, 3.63) is 64.6 Å². The first-order chi connectivity index (χ1) is 13.5. The van der Waals surface area contributed by atoms with Gasteiger partial charge in [0.05, 0.1) is 11.5 Å². The number of hydrogen-bond donors (Lipinski definition) is 1. The third kappa shape index (κ3) is 4.61. The Morgan fingerprint density at radius 2 is 1.96 bits per heavy atom. The van der Waals surface area contributed by atoms with Crippen molar-refractivity contribution >= 4 is 40.6 Å². The lowest BCUT2D eigenvalue weighted by Crippen LogP contribution is -2.36. The third-order valence-corrected chi connectivity index (χ3v) is 4.97. The molecule has 0 aliphatic carbocycles. The average molecular weight is 396 g/mol. The molecule has 1 fully saturated rings. The van der Waals surface area contributed by atoms with Crippen LogP contribution < -0.4 is 10.1 Å². The number of para-hydroxylation sites is 1. The second-order valence-electron chi connectivity index (χ2n) is 6.14. The van der Waals surface area contributed by atoms with E-state index < -0.39 is 17.1 Å². The number of hydrogen-bond acceptors (Lipinski definition) is 5. The van der Waals surface area contributed by atoms with Crippen LogP contribution in [0.1, 0.15) is 18.1 Å². The summed E-state index contributed by atoms with van der Waals surface area (Å²) in [7, 11) is 0. The van der Waals surface area contributed by atoms with Gasteiger partial charge in [-0.25, -0.2) is 0 Å². The molecule has 2 aromatic carbocycles. The molecular formula is C21H20N2O4S. The Labute approximate surface area is 167 Å². The quantitative estimate of drug-likeness (QED) is 0.745. The predicted octanol–water partition coefficient (Wildman–Crippen LogP) is 4.07. The minimum Gasteiger partial charge on any atom is -0.494 e. The molecule has 1 aliphatic rings. The van der Waals surface area contributed by atoms with Gasteiger partial charge in [0.15, 0.2) is 0 Å². The van der Waals surface area contributed by atoms with E-state index in [1.807, 2.05) is 50.2 Å². The number of thioether (sulfide) groups is 1. The highest BCUT2D eigenvalue weighted by atomic mass is 32.2. The molecule has 7 heteroatoms. The van der Waals surface area contributed by atoms with Gasteiger partial charge in [0, 0.05) is 5.69 Å². The summed E-state index contributed by atoms with van der Waals surface area (Å²) in [5.41, 5.74) is 2.31. The molecule has 0 saturated carbocycles. The molecule has 28 heavy (non-hydrogen) atoms. The molecule has 0 aromatic heterocycles. The van der Waals surface area contributed by atoms with E-state index in [0.717, 1.165) is 27.8 Å². The van der Waals surface area contributed by atoms with Crippen molar-refractivity contribution in [2.24, 2.45) is 0 Å². The normalized spacial score (nSPS) is 15.2. The lowest BCUT2D eigenvalue weighted by atomic mass is 10.2. The first kappa shape index (κ1) is 19.7. The number of carbonyl (C=O) groups excluding carboxylic acids is 3. The Bertz CT molecular complexity index is 955. The van der Waals surface area contributed by atoms with Crippen molar-refractivity contribution in [2.75, 3.05) is 18.5 Å². The van der Waals surface area contributed by atoms with Gasteiger partial charge in [0.2, 0.25) is 5.91 Å². The molecule has 0 radical (unpaired) electrons. The highest BCUT2D eigenvalue weighted by Gasteiger charge is 2.36. The molecular weight excluding hydrogens is 376 g/mol. The molecule has 1 aliphatic heterocycles. The molecule has 1 saturated heterocycles. The zero-order valence-electron chi connectivity index (χ0n) is 15.6. The number of nitrogens with zero attached hydrogens (tertiary/aromatic N) is 1. The summed E-state index contributed by atoms with van der Waals surface area (Å²) in [5, 5.41) is 2.27. The van der Waals surface area contributed by atoms with Crippen LogP contribution in [0.2, 0.25) is 0 Å². The average Bonchev–Trinajstić information content (AvgIpc) is 2.92. The molecule has 1 N–H and O–H groups in total. The molecule has 144 valence electrons. The second-order valence-corrected chi connectivity index (χ2v) is 7.13. The van der Waals surface area contributed by atoms with Crippen LogP contribution in [0.3, 0.4) is 0 Å². The molecule has 0 unspecified atom stereocenters. The molecule has 2 aromatic rings. The maximum absolute atomic E-state index is 12.6. The van der Waals surface area contributed by atoms with Crippen LogP contribution in [0, 0.1) is 6.92 Å².